The molecule has 1 unspecified atom stereocenters. The van der Waals surface area contributed by atoms with E-state index < -0.39 is 0 Å². The van der Waals surface area contributed by atoms with Crippen molar-refractivity contribution in [3.63, 3.8) is 0 Å². The Labute approximate surface area is 98.7 Å². The zero-order valence-electron chi connectivity index (χ0n) is 9.39. The summed E-state index contributed by atoms with van der Waals surface area (Å²) in [6.07, 6.45) is 3.29. The standard InChI is InChI=1S/C12H13FN4/c1-8-7-9(13)3-4-10(8)11(17-14)12-15-5-2-6-16-12/h2-7,11,17H,14H2,1H3. The van der Waals surface area contributed by atoms with Crippen LogP contribution >= 0.6 is 0 Å². The highest BCUT2D eigenvalue weighted by atomic mass is 19.1. The Kier molecular flexibility index (Phi) is 3.41. The number of hydrazine groups is 1. The van der Waals surface area contributed by atoms with Gasteiger partial charge in [0.15, 0.2) is 5.82 Å². The van der Waals surface area contributed by atoms with Crippen LogP contribution in [0.1, 0.15) is 23.0 Å². The van der Waals surface area contributed by atoms with Crippen LogP contribution in [0.25, 0.3) is 0 Å². The Morgan fingerprint density at radius 1 is 1.29 bits per heavy atom. The van der Waals surface area contributed by atoms with Crippen LogP contribution < -0.4 is 11.3 Å². The predicted octanol–water partition coefficient (Wildman–Crippen LogP) is 1.48. The van der Waals surface area contributed by atoms with Crippen molar-refractivity contribution in [3.8, 4) is 0 Å². The number of nitrogens with two attached hydrogens (primary N) is 1. The van der Waals surface area contributed by atoms with Gasteiger partial charge in [-0.05, 0) is 36.2 Å². The molecule has 4 nitrogen and oxygen atoms in total. The van der Waals surface area contributed by atoms with Gasteiger partial charge in [-0.15, -0.1) is 0 Å². The first-order valence-electron chi connectivity index (χ1n) is 5.21. The first-order chi connectivity index (χ1) is 8.22. The molecule has 0 amide bonds. The minimum atomic E-state index is -0.336. The maximum atomic E-state index is 13.0. The molecule has 2 aromatic rings. The summed E-state index contributed by atoms with van der Waals surface area (Å²) in [7, 11) is 0. The van der Waals surface area contributed by atoms with Gasteiger partial charge in [-0.25, -0.2) is 19.8 Å². The molecule has 17 heavy (non-hydrogen) atoms. The second kappa shape index (κ2) is 4.99. The summed E-state index contributed by atoms with van der Waals surface area (Å²) >= 11 is 0. The second-order valence-electron chi connectivity index (χ2n) is 3.71. The Bertz CT molecular complexity index is 501. The fourth-order valence-corrected chi connectivity index (χ4v) is 1.73. The quantitative estimate of drug-likeness (QED) is 0.621. The summed E-state index contributed by atoms with van der Waals surface area (Å²) in [6.45, 7) is 1.83. The van der Waals surface area contributed by atoms with Gasteiger partial charge in [0.05, 0.1) is 0 Å². The monoisotopic (exact) mass is 232 g/mol. The van der Waals surface area contributed by atoms with Gasteiger partial charge in [-0.1, -0.05) is 6.07 Å². The molecule has 1 aromatic heterocycles. The molecule has 0 bridgehead atoms. The molecule has 0 spiro atoms. The highest BCUT2D eigenvalue weighted by Gasteiger charge is 2.17. The van der Waals surface area contributed by atoms with Crippen LogP contribution in [0.4, 0.5) is 4.39 Å². The number of aryl methyl sites for hydroxylation is 1. The molecule has 2 rings (SSSR count). The molecule has 0 fully saturated rings. The third kappa shape index (κ3) is 2.46. The van der Waals surface area contributed by atoms with Crippen LogP contribution in [0.3, 0.4) is 0 Å². The van der Waals surface area contributed by atoms with E-state index in [-0.39, 0.29) is 11.9 Å². The largest absolute Gasteiger partial charge is 0.270 e. The van der Waals surface area contributed by atoms with Crippen molar-refractivity contribution in [2.75, 3.05) is 0 Å². The summed E-state index contributed by atoms with van der Waals surface area (Å²) in [4.78, 5) is 8.28. The number of nitrogens with zero attached hydrogens (tertiary/aromatic N) is 2. The summed E-state index contributed by atoms with van der Waals surface area (Å²) in [5.41, 5.74) is 4.31. The van der Waals surface area contributed by atoms with Crippen LogP contribution in [0, 0.1) is 12.7 Å². The number of nitrogens with one attached hydrogen (secondary N) is 1. The van der Waals surface area contributed by atoms with Crippen LogP contribution in [0.15, 0.2) is 36.7 Å². The Morgan fingerprint density at radius 2 is 2.00 bits per heavy atom. The van der Waals surface area contributed by atoms with Crippen molar-refractivity contribution in [1.29, 1.82) is 0 Å². The minimum absolute atomic E-state index is 0.268. The zero-order chi connectivity index (χ0) is 12.3. The van der Waals surface area contributed by atoms with Crippen LogP contribution in [0.5, 0.6) is 0 Å². The molecule has 0 aliphatic heterocycles. The fraction of sp³-hybridized carbons (Fsp3) is 0.167. The van der Waals surface area contributed by atoms with Gasteiger partial charge in [-0.2, -0.15) is 0 Å². The summed E-state index contributed by atoms with van der Waals surface area (Å²) in [5, 5.41) is 0. The number of hydrogen-bond donors (Lipinski definition) is 2. The van der Waals surface area contributed by atoms with E-state index in [9.17, 15) is 4.39 Å². The van der Waals surface area contributed by atoms with E-state index in [1.54, 1.807) is 24.5 Å². The first-order valence-corrected chi connectivity index (χ1v) is 5.21. The van der Waals surface area contributed by atoms with Crippen molar-refractivity contribution in [2.24, 2.45) is 5.84 Å². The predicted molar refractivity (Wildman–Crippen MR) is 62.3 cm³/mol. The molecule has 1 atom stereocenters. The topological polar surface area (TPSA) is 63.8 Å². The Hall–Kier alpha value is -1.85. The molecule has 0 saturated heterocycles. The SMILES string of the molecule is Cc1cc(F)ccc1C(NN)c1ncccn1. The third-order valence-corrected chi connectivity index (χ3v) is 2.55. The molecule has 0 aliphatic rings. The number of rotatable bonds is 3. The van der Waals surface area contributed by atoms with Gasteiger partial charge in [0, 0.05) is 12.4 Å². The van der Waals surface area contributed by atoms with Crippen molar-refractivity contribution < 1.29 is 4.39 Å². The molecule has 0 saturated carbocycles. The van der Waals surface area contributed by atoms with E-state index in [0.29, 0.717) is 5.82 Å². The Morgan fingerprint density at radius 3 is 2.59 bits per heavy atom. The molecule has 5 heteroatoms. The van der Waals surface area contributed by atoms with Gasteiger partial charge in [0.25, 0.3) is 0 Å². The lowest BCUT2D eigenvalue weighted by molar-refractivity contribution is 0.590. The van der Waals surface area contributed by atoms with E-state index in [4.69, 9.17) is 5.84 Å². The lowest BCUT2D eigenvalue weighted by Crippen LogP contribution is -2.30. The van der Waals surface area contributed by atoms with Crippen molar-refractivity contribution in [2.45, 2.75) is 13.0 Å². The normalized spacial score (nSPS) is 12.4. The Balaban J connectivity index is 2.42. The van der Waals surface area contributed by atoms with Crippen LogP contribution in [-0.4, -0.2) is 9.97 Å². The highest BCUT2D eigenvalue weighted by molar-refractivity contribution is 5.32. The molecule has 1 aromatic carbocycles. The smallest absolute Gasteiger partial charge is 0.150 e. The van der Waals surface area contributed by atoms with E-state index in [1.807, 2.05) is 6.92 Å². The molecule has 0 radical (unpaired) electrons. The lowest BCUT2D eigenvalue weighted by atomic mass is 10.0. The molecule has 3 N–H and O–H groups in total. The summed E-state index contributed by atoms with van der Waals surface area (Å²) < 4.78 is 13.0. The van der Waals surface area contributed by atoms with Crippen molar-refractivity contribution in [3.05, 3.63) is 59.4 Å². The number of aromatic nitrogens is 2. The summed E-state index contributed by atoms with van der Waals surface area (Å²) in [6, 6.07) is 5.94. The van der Waals surface area contributed by atoms with Crippen molar-refractivity contribution >= 4 is 0 Å². The number of hydrogen-bond acceptors (Lipinski definition) is 4. The van der Waals surface area contributed by atoms with Gasteiger partial charge in [0.2, 0.25) is 0 Å². The molecule has 88 valence electrons. The van der Waals surface area contributed by atoms with Crippen LogP contribution in [-0.2, 0) is 0 Å². The molecular formula is C12H13FN4. The number of halogens is 1. The average Bonchev–Trinajstić information content (AvgIpc) is 2.34. The van der Waals surface area contributed by atoms with Crippen LogP contribution in [0.2, 0.25) is 0 Å². The minimum Gasteiger partial charge on any atom is -0.270 e. The molecular weight excluding hydrogens is 219 g/mol. The summed E-state index contributed by atoms with van der Waals surface area (Å²) in [5.74, 6) is 5.81. The lowest BCUT2D eigenvalue weighted by Gasteiger charge is -2.16. The second-order valence-corrected chi connectivity index (χ2v) is 3.71. The van der Waals surface area contributed by atoms with Crippen molar-refractivity contribution in [1.82, 2.24) is 15.4 Å². The maximum Gasteiger partial charge on any atom is 0.150 e. The zero-order valence-corrected chi connectivity index (χ0v) is 9.39. The van der Waals surface area contributed by atoms with Gasteiger partial charge in [0.1, 0.15) is 11.9 Å². The van der Waals surface area contributed by atoms with E-state index in [2.05, 4.69) is 15.4 Å². The molecule has 1 heterocycles. The fourth-order valence-electron chi connectivity index (χ4n) is 1.73. The van der Waals surface area contributed by atoms with E-state index in [1.165, 1.54) is 12.1 Å². The number of benzene rings is 1. The third-order valence-electron chi connectivity index (χ3n) is 2.55. The maximum absolute atomic E-state index is 13.0. The first kappa shape index (κ1) is 11.6. The molecule has 0 aliphatic carbocycles. The van der Waals surface area contributed by atoms with Gasteiger partial charge in [-0.3, -0.25) is 5.84 Å². The van der Waals surface area contributed by atoms with Gasteiger partial charge >= 0.3 is 0 Å². The van der Waals surface area contributed by atoms with E-state index in [0.717, 1.165) is 11.1 Å². The van der Waals surface area contributed by atoms with E-state index >= 15 is 0 Å². The highest BCUT2D eigenvalue weighted by Crippen LogP contribution is 2.21. The van der Waals surface area contributed by atoms with Gasteiger partial charge < -0.3 is 0 Å². The average molecular weight is 232 g/mol.